The minimum atomic E-state index is 0.409. The van der Waals surface area contributed by atoms with Gasteiger partial charge in [0.25, 0.3) is 0 Å². The van der Waals surface area contributed by atoms with E-state index < -0.39 is 0 Å². The van der Waals surface area contributed by atoms with Gasteiger partial charge in [0, 0.05) is 24.3 Å². The van der Waals surface area contributed by atoms with Gasteiger partial charge in [0.15, 0.2) is 0 Å². The van der Waals surface area contributed by atoms with Crippen LogP contribution in [0.1, 0.15) is 31.5 Å². The van der Waals surface area contributed by atoms with Crippen molar-refractivity contribution in [2.45, 2.75) is 39.8 Å². The largest absolute Gasteiger partial charge is 0.367 e. The van der Waals surface area contributed by atoms with Crippen molar-refractivity contribution in [3.63, 3.8) is 0 Å². The Bertz CT molecular complexity index is 539. The Kier molecular flexibility index (Phi) is 4.93. The van der Waals surface area contributed by atoms with Gasteiger partial charge in [-0.3, -0.25) is 0 Å². The van der Waals surface area contributed by atoms with Crippen molar-refractivity contribution >= 4 is 11.8 Å². The first-order valence-corrected chi connectivity index (χ1v) is 7.07. The zero-order chi connectivity index (χ0) is 14.4. The van der Waals surface area contributed by atoms with E-state index in [0.717, 1.165) is 24.5 Å². The Morgan fingerprint density at radius 3 is 2.60 bits per heavy atom. The minimum absolute atomic E-state index is 0.409. The number of rotatable bonds is 6. The molecule has 2 N–H and O–H groups in total. The van der Waals surface area contributed by atoms with Crippen LogP contribution in [0.15, 0.2) is 36.4 Å². The van der Waals surface area contributed by atoms with E-state index in [0.29, 0.717) is 12.0 Å². The van der Waals surface area contributed by atoms with E-state index in [1.165, 1.54) is 5.56 Å². The van der Waals surface area contributed by atoms with Crippen LogP contribution in [0.3, 0.4) is 0 Å². The lowest BCUT2D eigenvalue weighted by Gasteiger charge is -2.14. The molecule has 0 fully saturated rings. The smallest absolute Gasteiger partial charge is 0.225 e. The number of aromatic nitrogens is 2. The predicted octanol–water partition coefficient (Wildman–Crippen LogP) is 3.61. The lowest BCUT2D eigenvalue weighted by Crippen LogP contribution is -2.15. The molecule has 20 heavy (non-hydrogen) atoms. The second-order valence-electron chi connectivity index (χ2n) is 5.01. The van der Waals surface area contributed by atoms with Gasteiger partial charge in [0.2, 0.25) is 5.95 Å². The highest BCUT2D eigenvalue weighted by Crippen LogP contribution is 2.12. The molecule has 0 spiro atoms. The number of nitrogens with one attached hydrogen (secondary N) is 2. The summed E-state index contributed by atoms with van der Waals surface area (Å²) in [6.45, 7) is 7.01. The van der Waals surface area contributed by atoms with Crippen LogP contribution in [0.5, 0.6) is 0 Å². The van der Waals surface area contributed by atoms with E-state index in [9.17, 15) is 0 Å². The molecule has 106 valence electrons. The van der Waals surface area contributed by atoms with Crippen molar-refractivity contribution in [3.05, 3.63) is 47.7 Å². The molecule has 0 bridgehead atoms. The average Bonchev–Trinajstić information content (AvgIpc) is 2.45. The highest BCUT2D eigenvalue weighted by Gasteiger charge is 2.04. The summed E-state index contributed by atoms with van der Waals surface area (Å²) in [6, 6.07) is 12.6. The van der Waals surface area contributed by atoms with E-state index >= 15 is 0 Å². The van der Waals surface area contributed by atoms with Crippen LogP contribution in [0.25, 0.3) is 0 Å². The van der Waals surface area contributed by atoms with Crippen molar-refractivity contribution in [3.8, 4) is 0 Å². The molecule has 2 rings (SSSR count). The molecule has 4 nitrogen and oxygen atoms in total. The van der Waals surface area contributed by atoms with Gasteiger partial charge in [-0.1, -0.05) is 37.3 Å². The van der Waals surface area contributed by atoms with Gasteiger partial charge in [-0.05, 0) is 25.8 Å². The van der Waals surface area contributed by atoms with Crippen LogP contribution in [0.2, 0.25) is 0 Å². The maximum atomic E-state index is 4.50. The van der Waals surface area contributed by atoms with E-state index in [1.54, 1.807) is 0 Å². The van der Waals surface area contributed by atoms with Crippen LogP contribution >= 0.6 is 0 Å². The topological polar surface area (TPSA) is 49.8 Å². The van der Waals surface area contributed by atoms with Gasteiger partial charge in [0.1, 0.15) is 5.82 Å². The molecule has 0 saturated carbocycles. The van der Waals surface area contributed by atoms with Crippen LogP contribution in [0, 0.1) is 6.92 Å². The van der Waals surface area contributed by atoms with E-state index in [1.807, 2.05) is 31.2 Å². The molecule has 1 atom stereocenters. The van der Waals surface area contributed by atoms with E-state index in [-0.39, 0.29) is 0 Å². The summed E-state index contributed by atoms with van der Waals surface area (Å²) in [7, 11) is 0. The molecule has 0 aliphatic rings. The van der Waals surface area contributed by atoms with Gasteiger partial charge in [-0.2, -0.15) is 4.98 Å². The van der Waals surface area contributed by atoms with Crippen molar-refractivity contribution in [2.24, 2.45) is 0 Å². The van der Waals surface area contributed by atoms with Gasteiger partial charge in [-0.15, -0.1) is 0 Å². The Balaban J connectivity index is 2.04. The fourth-order valence-corrected chi connectivity index (χ4v) is 1.85. The van der Waals surface area contributed by atoms with Crippen LogP contribution in [-0.4, -0.2) is 16.0 Å². The first-order chi connectivity index (χ1) is 9.67. The molecule has 1 aromatic carbocycles. The van der Waals surface area contributed by atoms with Gasteiger partial charge < -0.3 is 10.6 Å². The zero-order valence-corrected chi connectivity index (χ0v) is 12.4. The zero-order valence-electron chi connectivity index (χ0n) is 12.4. The molecule has 2 aromatic rings. The average molecular weight is 270 g/mol. The molecule has 1 unspecified atom stereocenters. The third kappa shape index (κ3) is 4.23. The first-order valence-electron chi connectivity index (χ1n) is 7.07. The van der Waals surface area contributed by atoms with Crippen molar-refractivity contribution in [1.29, 1.82) is 0 Å². The van der Waals surface area contributed by atoms with Gasteiger partial charge >= 0.3 is 0 Å². The fourth-order valence-electron chi connectivity index (χ4n) is 1.85. The number of hydrogen-bond donors (Lipinski definition) is 2. The van der Waals surface area contributed by atoms with E-state index in [2.05, 4.69) is 46.6 Å². The molecule has 4 heteroatoms. The highest BCUT2D eigenvalue weighted by molar-refractivity contribution is 5.43. The third-order valence-corrected chi connectivity index (χ3v) is 3.15. The number of benzene rings is 1. The SMILES string of the molecule is CCC(C)Nc1cc(C)nc(NCc2ccccc2)n1. The summed E-state index contributed by atoms with van der Waals surface area (Å²) in [5.41, 5.74) is 2.18. The fraction of sp³-hybridized carbons (Fsp3) is 0.375. The first kappa shape index (κ1) is 14.3. The Hall–Kier alpha value is -2.10. The summed E-state index contributed by atoms with van der Waals surface area (Å²) >= 11 is 0. The maximum absolute atomic E-state index is 4.50. The molecule has 0 aliphatic carbocycles. The number of hydrogen-bond acceptors (Lipinski definition) is 4. The van der Waals surface area contributed by atoms with E-state index in [4.69, 9.17) is 0 Å². The van der Waals surface area contributed by atoms with Crippen LogP contribution < -0.4 is 10.6 Å². The molecule has 0 amide bonds. The summed E-state index contributed by atoms with van der Waals surface area (Å²) < 4.78 is 0. The number of anilines is 2. The minimum Gasteiger partial charge on any atom is -0.367 e. The standard InChI is InChI=1S/C16H22N4/c1-4-12(2)18-15-10-13(3)19-16(20-15)17-11-14-8-6-5-7-9-14/h5-10,12H,4,11H2,1-3H3,(H2,17,18,19,20). The van der Waals surface area contributed by atoms with Crippen molar-refractivity contribution in [1.82, 2.24) is 9.97 Å². The Morgan fingerprint density at radius 1 is 1.15 bits per heavy atom. The molecule has 0 radical (unpaired) electrons. The summed E-state index contributed by atoms with van der Waals surface area (Å²) in [5.74, 6) is 1.54. The normalized spacial score (nSPS) is 11.9. The quantitative estimate of drug-likeness (QED) is 0.842. The van der Waals surface area contributed by atoms with Crippen molar-refractivity contribution < 1.29 is 0 Å². The Labute approximate surface area is 120 Å². The monoisotopic (exact) mass is 270 g/mol. The molecular formula is C16H22N4. The second-order valence-corrected chi connectivity index (χ2v) is 5.01. The summed E-state index contributed by atoms with van der Waals surface area (Å²) in [6.07, 6.45) is 1.07. The Morgan fingerprint density at radius 2 is 1.90 bits per heavy atom. The molecular weight excluding hydrogens is 248 g/mol. The predicted molar refractivity (Wildman–Crippen MR) is 83.9 cm³/mol. The molecule has 0 saturated heterocycles. The summed E-state index contributed by atoms with van der Waals surface area (Å²) in [5, 5.41) is 6.65. The second kappa shape index (κ2) is 6.89. The molecule has 1 heterocycles. The summed E-state index contributed by atoms with van der Waals surface area (Å²) in [4.78, 5) is 8.92. The lowest BCUT2D eigenvalue weighted by atomic mass is 10.2. The third-order valence-electron chi connectivity index (χ3n) is 3.15. The maximum Gasteiger partial charge on any atom is 0.225 e. The van der Waals surface area contributed by atoms with Gasteiger partial charge in [-0.25, -0.2) is 4.98 Å². The number of aryl methyl sites for hydroxylation is 1. The highest BCUT2D eigenvalue weighted by atomic mass is 15.1. The van der Waals surface area contributed by atoms with Crippen molar-refractivity contribution in [2.75, 3.05) is 10.6 Å². The number of nitrogens with zero attached hydrogens (tertiary/aromatic N) is 2. The van der Waals surface area contributed by atoms with Gasteiger partial charge in [0.05, 0.1) is 0 Å². The van der Waals surface area contributed by atoms with Crippen LogP contribution in [-0.2, 0) is 6.54 Å². The van der Waals surface area contributed by atoms with Crippen LogP contribution in [0.4, 0.5) is 11.8 Å². The molecule has 1 aromatic heterocycles. The lowest BCUT2D eigenvalue weighted by molar-refractivity contribution is 0.758. The molecule has 0 aliphatic heterocycles.